The number of nitrogens with zero attached hydrogens (tertiary/aromatic N) is 1. The third kappa shape index (κ3) is 4.65. The van der Waals surface area contributed by atoms with Crippen LogP contribution in [0.1, 0.15) is 12.0 Å². The number of rotatable bonds is 3. The predicted octanol–water partition coefficient (Wildman–Crippen LogP) is 2.24. The molecule has 1 aliphatic rings. The van der Waals surface area contributed by atoms with Crippen LogP contribution in [0.5, 0.6) is 5.75 Å². The number of nitrogens with one attached hydrogen (secondary N) is 1. The number of amides is 1. The highest BCUT2D eigenvalue weighted by atomic mass is 79.9. The second-order valence-corrected chi connectivity index (χ2v) is 5.53. The number of methoxy groups -OCH3 is 1. The summed E-state index contributed by atoms with van der Waals surface area (Å²) in [5.41, 5.74) is 0.930. The van der Waals surface area contributed by atoms with Gasteiger partial charge in [-0.05, 0) is 31.2 Å². The van der Waals surface area contributed by atoms with Crippen molar-refractivity contribution >= 4 is 34.2 Å². The average molecular weight is 364 g/mol. The van der Waals surface area contributed by atoms with Crippen LogP contribution >= 0.6 is 28.3 Å². The van der Waals surface area contributed by atoms with Crippen LogP contribution in [0.3, 0.4) is 0 Å². The van der Waals surface area contributed by atoms with Crippen molar-refractivity contribution in [3.63, 3.8) is 0 Å². The molecule has 112 valence electrons. The third-order valence-corrected chi connectivity index (χ3v) is 3.77. The van der Waals surface area contributed by atoms with Crippen LogP contribution < -0.4 is 10.1 Å². The van der Waals surface area contributed by atoms with Gasteiger partial charge in [0.1, 0.15) is 5.75 Å². The van der Waals surface area contributed by atoms with Crippen molar-refractivity contribution < 1.29 is 9.53 Å². The summed E-state index contributed by atoms with van der Waals surface area (Å²) in [5, 5.41) is 3.30. The average Bonchev–Trinajstić information content (AvgIpc) is 2.68. The molecule has 0 bridgehead atoms. The second-order valence-electron chi connectivity index (χ2n) is 4.62. The van der Waals surface area contributed by atoms with E-state index in [4.69, 9.17) is 4.74 Å². The first-order chi connectivity index (χ1) is 9.20. The maximum Gasteiger partial charge on any atom is 0.227 e. The Hall–Kier alpha value is -0.780. The zero-order chi connectivity index (χ0) is 13.7. The minimum absolute atomic E-state index is 0. The summed E-state index contributed by atoms with van der Waals surface area (Å²) in [4.78, 5) is 14.3. The van der Waals surface area contributed by atoms with Gasteiger partial charge in [0.25, 0.3) is 0 Å². The van der Waals surface area contributed by atoms with Crippen molar-refractivity contribution in [2.45, 2.75) is 12.8 Å². The predicted molar refractivity (Wildman–Crippen MR) is 85.7 cm³/mol. The molecule has 0 aliphatic carbocycles. The minimum atomic E-state index is 0. The van der Waals surface area contributed by atoms with Crippen molar-refractivity contribution in [2.24, 2.45) is 0 Å². The molecule has 1 N–H and O–H groups in total. The first-order valence-corrected chi connectivity index (χ1v) is 7.31. The number of halogens is 2. The molecule has 0 spiro atoms. The lowest BCUT2D eigenvalue weighted by atomic mass is 10.1. The number of carbonyl (C=O) groups excluding carboxylic acids is 1. The summed E-state index contributed by atoms with van der Waals surface area (Å²) < 4.78 is 6.28. The molecule has 20 heavy (non-hydrogen) atoms. The molecule has 1 fully saturated rings. The van der Waals surface area contributed by atoms with Crippen molar-refractivity contribution in [1.82, 2.24) is 10.2 Å². The van der Waals surface area contributed by atoms with E-state index < -0.39 is 0 Å². The van der Waals surface area contributed by atoms with Gasteiger partial charge in [-0.3, -0.25) is 4.79 Å². The summed E-state index contributed by atoms with van der Waals surface area (Å²) in [5.74, 6) is 0.935. The molecular weight excluding hydrogens is 344 g/mol. The summed E-state index contributed by atoms with van der Waals surface area (Å²) in [6.45, 7) is 3.49. The van der Waals surface area contributed by atoms with Gasteiger partial charge in [0.15, 0.2) is 0 Å². The molecular formula is C14H20BrClN2O2. The van der Waals surface area contributed by atoms with Gasteiger partial charge in [0, 0.05) is 29.7 Å². The van der Waals surface area contributed by atoms with E-state index in [9.17, 15) is 4.79 Å². The third-order valence-electron chi connectivity index (χ3n) is 3.28. The Morgan fingerprint density at radius 1 is 1.40 bits per heavy atom. The lowest BCUT2D eigenvalue weighted by Gasteiger charge is -2.20. The van der Waals surface area contributed by atoms with Crippen molar-refractivity contribution in [1.29, 1.82) is 0 Å². The van der Waals surface area contributed by atoms with E-state index in [-0.39, 0.29) is 18.3 Å². The fraction of sp³-hybridized carbons (Fsp3) is 0.500. The highest BCUT2D eigenvalue weighted by Crippen LogP contribution is 2.23. The monoisotopic (exact) mass is 362 g/mol. The van der Waals surface area contributed by atoms with E-state index in [1.165, 1.54) is 0 Å². The second kappa shape index (κ2) is 8.49. The summed E-state index contributed by atoms with van der Waals surface area (Å²) >= 11 is 3.43. The molecule has 0 saturated carbocycles. The zero-order valence-electron chi connectivity index (χ0n) is 11.5. The van der Waals surface area contributed by atoms with Crippen molar-refractivity contribution in [3.05, 3.63) is 28.2 Å². The first kappa shape index (κ1) is 17.3. The number of carbonyl (C=O) groups is 1. The Balaban J connectivity index is 0.00000200. The normalized spacial score (nSPS) is 15.2. The van der Waals surface area contributed by atoms with E-state index in [0.29, 0.717) is 6.42 Å². The van der Waals surface area contributed by atoms with Gasteiger partial charge in [0.05, 0.1) is 13.5 Å². The van der Waals surface area contributed by atoms with E-state index in [0.717, 1.165) is 48.4 Å². The Labute approximate surface area is 134 Å². The lowest BCUT2D eigenvalue weighted by Crippen LogP contribution is -2.35. The van der Waals surface area contributed by atoms with Crippen LogP contribution in [0.4, 0.5) is 0 Å². The number of hydrogen-bond acceptors (Lipinski definition) is 3. The highest BCUT2D eigenvalue weighted by Gasteiger charge is 2.17. The van der Waals surface area contributed by atoms with Crippen LogP contribution in [0.25, 0.3) is 0 Å². The molecule has 4 nitrogen and oxygen atoms in total. The van der Waals surface area contributed by atoms with E-state index in [1.807, 2.05) is 23.1 Å². The highest BCUT2D eigenvalue weighted by molar-refractivity contribution is 9.10. The smallest absolute Gasteiger partial charge is 0.227 e. The van der Waals surface area contributed by atoms with Crippen LogP contribution in [0.15, 0.2) is 22.7 Å². The Kier molecular flexibility index (Phi) is 7.34. The topological polar surface area (TPSA) is 41.6 Å². The van der Waals surface area contributed by atoms with Crippen LogP contribution in [-0.4, -0.2) is 44.1 Å². The van der Waals surface area contributed by atoms with Gasteiger partial charge in [0.2, 0.25) is 5.91 Å². The molecule has 1 aromatic carbocycles. The molecule has 2 rings (SSSR count). The molecule has 0 radical (unpaired) electrons. The molecule has 1 aliphatic heterocycles. The van der Waals surface area contributed by atoms with Crippen LogP contribution in [-0.2, 0) is 11.2 Å². The van der Waals surface area contributed by atoms with Gasteiger partial charge in [-0.1, -0.05) is 15.9 Å². The molecule has 1 aromatic rings. The fourth-order valence-electron chi connectivity index (χ4n) is 2.26. The zero-order valence-corrected chi connectivity index (χ0v) is 13.9. The quantitative estimate of drug-likeness (QED) is 0.895. The molecule has 1 heterocycles. The van der Waals surface area contributed by atoms with Crippen molar-refractivity contribution in [2.75, 3.05) is 33.3 Å². The maximum atomic E-state index is 12.3. The van der Waals surface area contributed by atoms with E-state index in [1.54, 1.807) is 7.11 Å². The lowest BCUT2D eigenvalue weighted by molar-refractivity contribution is -0.130. The van der Waals surface area contributed by atoms with E-state index in [2.05, 4.69) is 21.2 Å². The van der Waals surface area contributed by atoms with Gasteiger partial charge >= 0.3 is 0 Å². The standard InChI is InChI=1S/C14H19BrN2O2.ClH/c1-19-13-4-3-12(15)9-11(13)10-14(18)17-7-2-5-16-6-8-17;/h3-4,9,16H,2,5-8,10H2,1H3;1H. The van der Waals surface area contributed by atoms with Crippen LogP contribution in [0.2, 0.25) is 0 Å². The summed E-state index contributed by atoms with van der Waals surface area (Å²) in [6, 6.07) is 5.76. The Morgan fingerprint density at radius 2 is 2.20 bits per heavy atom. The molecule has 0 atom stereocenters. The Bertz CT molecular complexity index is 449. The minimum Gasteiger partial charge on any atom is -0.496 e. The van der Waals surface area contributed by atoms with Gasteiger partial charge in [-0.15, -0.1) is 12.4 Å². The summed E-state index contributed by atoms with van der Waals surface area (Å²) in [7, 11) is 1.63. The largest absolute Gasteiger partial charge is 0.496 e. The van der Waals surface area contributed by atoms with Gasteiger partial charge in [-0.25, -0.2) is 0 Å². The van der Waals surface area contributed by atoms with Gasteiger partial charge in [-0.2, -0.15) is 0 Å². The number of benzene rings is 1. The van der Waals surface area contributed by atoms with Gasteiger partial charge < -0.3 is 15.0 Å². The number of ether oxygens (including phenoxy) is 1. The molecule has 6 heteroatoms. The molecule has 0 aromatic heterocycles. The van der Waals surface area contributed by atoms with E-state index >= 15 is 0 Å². The maximum absolute atomic E-state index is 12.3. The number of hydrogen-bond donors (Lipinski definition) is 1. The molecule has 0 unspecified atom stereocenters. The SMILES string of the molecule is COc1ccc(Br)cc1CC(=O)N1CCCNCC1.Cl. The van der Waals surface area contributed by atoms with Crippen molar-refractivity contribution in [3.8, 4) is 5.75 Å². The summed E-state index contributed by atoms with van der Waals surface area (Å²) in [6.07, 6.45) is 1.41. The fourth-order valence-corrected chi connectivity index (χ4v) is 2.66. The molecule has 1 amide bonds. The Morgan fingerprint density at radius 3 is 2.95 bits per heavy atom. The van der Waals surface area contributed by atoms with Crippen LogP contribution in [0, 0.1) is 0 Å². The first-order valence-electron chi connectivity index (χ1n) is 6.51. The molecule has 1 saturated heterocycles.